The van der Waals surface area contributed by atoms with Crippen molar-refractivity contribution in [2.75, 3.05) is 0 Å². The van der Waals surface area contributed by atoms with Crippen LogP contribution in [-0.4, -0.2) is 11.1 Å². The molecule has 3 nitrogen and oxygen atoms in total. The van der Waals surface area contributed by atoms with Gasteiger partial charge >= 0.3 is 5.97 Å². The molecule has 3 N–H and O–H groups in total. The first-order chi connectivity index (χ1) is 7.30. The fourth-order valence-corrected chi connectivity index (χ4v) is 1.60. The molecule has 0 fully saturated rings. The minimum atomic E-state index is -1.48. The van der Waals surface area contributed by atoms with Gasteiger partial charge in [-0.3, -0.25) is 4.79 Å². The van der Waals surface area contributed by atoms with Gasteiger partial charge in [0, 0.05) is 11.6 Å². The molecule has 0 aliphatic heterocycles. The van der Waals surface area contributed by atoms with E-state index in [1.165, 1.54) is 0 Å². The number of alkyl halides is 3. The van der Waals surface area contributed by atoms with E-state index in [-0.39, 0.29) is 6.42 Å². The summed E-state index contributed by atoms with van der Waals surface area (Å²) in [4.78, 5) is 10.5. The summed E-state index contributed by atoms with van der Waals surface area (Å²) < 4.78 is -1.48. The summed E-state index contributed by atoms with van der Waals surface area (Å²) in [6.07, 6.45) is -0.132. The molecule has 0 radical (unpaired) electrons. The molecule has 1 rings (SSSR count). The van der Waals surface area contributed by atoms with E-state index in [4.69, 9.17) is 45.6 Å². The van der Waals surface area contributed by atoms with Gasteiger partial charge in [0.15, 0.2) is 0 Å². The maximum Gasteiger partial charge on any atom is 0.305 e. The number of carbonyl (C=O) groups is 1. The van der Waals surface area contributed by atoms with E-state index >= 15 is 0 Å². The second-order valence-corrected chi connectivity index (χ2v) is 5.61. The Hall–Kier alpha value is -0.480. The SMILES string of the molecule is NC(CC(=O)O)c1ccc(C(Cl)(Cl)Cl)cc1. The Kier molecular flexibility index (Phi) is 4.44. The van der Waals surface area contributed by atoms with E-state index in [2.05, 4.69) is 0 Å². The van der Waals surface area contributed by atoms with Gasteiger partial charge in [0.25, 0.3) is 0 Å². The minimum absolute atomic E-state index is 0.132. The largest absolute Gasteiger partial charge is 0.481 e. The maximum absolute atomic E-state index is 10.5. The lowest BCUT2D eigenvalue weighted by atomic mass is 10.0. The molecule has 88 valence electrons. The lowest BCUT2D eigenvalue weighted by molar-refractivity contribution is -0.137. The standard InChI is InChI=1S/C10H10Cl3NO2/c11-10(12,13)7-3-1-6(2-4-7)8(14)5-9(15)16/h1-4,8H,5,14H2,(H,15,16). The highest BCUT2D eigenvalue weighted by atomic mass is 35.6. The molecule has 0 aliphatic carbocycles. The zero-order chi connectivity index (χ0) is 12.3. The number of rotatable bonds is 3. The van der Waals surface area contributed by atoms with Crippen LogP contribution < -0.4 is 5.73 Å². The molecule has 0 heterocycles. The molecule has 0 saturated carbocycles. The van der Waals surface area contributed by atoms with Gasteiger partial charge in [-0.1, -0.05) is 59.1 Å². The van der Waals surface area contributed by atoms with Gasteiger partial charge in [-0.05, 0) is 5.56 Å². The number of hydrogen-bond donors (Lipinski definition) is 2. The Bertz CT molecular complexity index is 373. The van der Waals surface area contributed by atoms with E-state index in [1.54, 1.807) is 24.3 Å². The second kappa shape index (κ2) is 5.23. The third-order valence-corrected chi connectivity index (χ3v) is 2.72. The average Bonchev–Trinajstić information content (AvgIpc) is 2.15. The molecule has 16 heavy (non-hydrogen) atoms. The maximum atomic E-state index is 10.5. The molecule has 0 aliphatic rings. The van der Waals surface area contributed by atoms with Crippen LogP contribution in [0.15, 0.2) is 24.3 Å². The third kappa shape index (κ3) is 3.83. The van der Waals surface area contributed by atoms with Crippen molar-refractivity contribution in [2.45, 2.75) is 16.3 Å². The highest BCUT2D eigenvalue weighted by Gasteiger charge is 2.22. The minimum Gasteiger partial charge on any atom is -0.481 e. The number of benzene rings is 1. The van der Waals surface area contributed by atoms with Crippen LogP contribution in [0.3, 0.4) is 0 Å². The fraction of sp³-hybridized carbons (Fsp3) is 0.300. The van der Waals surface area contributed by atoms with Crippen LogP contribution in [0.1, 0.15) is 23.6 Å². The number of hydrogen-bond acceptors (Lipinski definition) is 2. The van der Waals surface area contributed by atoms with Crippen molar-refractivity contribution in [3.05, 3.63) is 35.4 Å². The van der Waals surface area contributed by atoms with Crippen LogP contribution >= 0.6 is 34.8 Å². The smallest absolute Gasteiger partial charge is 0.305 e. The van der Waals surface area contributed by atoms with Crippen LogP contribution in [0.4, 0.5) is 0 Å². The van der Waals surface area contributed by atoms with Crippen molar-refractivity contribution in [1.29, 1.82) is 0 Å². The van der Waals surface area contributed by atoms with Gasteiger partial charge in [-0.25, -0.2) is 0 Å². The topological polar surface area (TPSA) is 63.3 Å². The van der Waals surface area contributed by atoms with Gasteiger partial charge in [-0.2, -0.15) is 0 Å². The highest BCUT2D eigenvalue weighted by molar-refractivity contribution is 6.66. The summed E-state index contributed by atoms with van der Waals surface area (Å²) in [7, 11) is 0. The normalized spacial score (nSPS) is 13.5. The Balaban J connectivity index is 2.83. The van der Waals surface area contributed by atoms with Crippen molar-refractivity contribution in [3.8, 4) is 0 Å². The molecular weight excluding hydrogens is 272 g/mol. The van der Waals surface area contributed by atoms with Gasteiger partial charge in [-0.15, -0.1) is 0 Å². The molecule has 0 aromatic heterocycles. The number of nitrogens with two attached hydrogens (primary N) is 1. The average molecular weight is 283 g/mol. The number of halogens is 3. The van der Waals surface area contributed by atoms with Crippen LogP contribution in [0.25, 0.3) is 0 Å². The summed E-state index contributed by atoms with van der Waals surface area (Å²) >= 11 is 17.0. The van der Waals surface area contributed by atoms with Crippen LogP contribution in [0.2, 0.25) is 0 Å². The summed E-state index contributed by atoms with van der Waals surface area (Å²) in [5.74, 6) is -0.946. The molecule has 0 amide bonds. The van der Waals surface area contributed by atoms with Gasteiger partial charge in [0.1, 0.15) is 0 Å². The van der Waals surface area contributed by atoms with Crippen molar-refractivity contribution in [3.63, 3.8) is 0 Å². The lowest BCUT2D eigenvalue weighted by Crippen LogP contribution is -2.15. The molecule has 1 unspecified atom stereocenters. The molecule has 6 heteroatoms. The van der Waals surface area contributed by atoms with Crippen molar-refractivity contribution >= 4 is 40.8 Å². The highest BCUT2D eigenvalue weighted by Crippen LogP contribution is 2.38. The Labute approximate surface area is 108 Å². The van der Waals surface area contributed by atoms with E-state index in [1.807, 2.05) is 0 Å². The molecule has 0 spiro atoms. The first-order valence-corrected chi connectivity index (χ1v) is 5.58. The number of carboxylic acids is 1. The molecule has 0 bridgehead atoms. The molecule has 1 aromatic rings. The van der Waals surface area contributed by atoms with Gasteiger partial charge < -0.3 is 10.8 Å². The zero-order valence-corrected chi connectivity index (χ0v) is 10.4. The van der Waals surface area contributed by atoms with Gasteiger partial charge in [0.05, 0.1) is 6.42 Å². The third-order valence-electron chi connectivity index (χ3n) is 2.06. The Morgan fingerprint density at radius 2 is 1.81 bits per heavy atom. The molecule has 1 aromatic carbocycles. The van der Waals surface area contributed by atoms with Crippen molar-refractivity contribution in [1.82, 2.24) is 0 Å². The Morgan fingerprint density at radius 3 is 2.19 bits per heavy atom. The van der Waals surface area contributed by atoms with Crippen LogP contribution in [0, 0.1) is 0 Å². The van der Waals surface area contributed by atoms with Crippen LogP contribution in [-0.2, 0) is 8.59 Å². The number of carboxylic acid groups (broad SMARTS) is 1. The first kappa shape index (κ1) is 13.6. The summed E-state index contributed by atoms with van der Waals surface area (Å²) in [6, 6.07) is 5.99. The molecule has 1 atom stereocenters. The van der Waals surface area contributed by atoms with E-state index < -0.39 is 15.8 Å². The number of aliphatic carboxylic acids is 1. The molecular formula is C10H10Cl3NO2. The predicted octanol–water partition coefficient (Wildman–Crippen LogP) is 2.99. The van der Waals surface area contributed by atoms with Gasteiger partial charge in [0.2, 0.25) is 3.79 Å². The Morgan fingerprint density at radius 1 is 1.31 bits per heavy atom. The summed E-state index contributed by atoms with van der Waals surface area (Å²) in [6.45, 7) is 0. The summed E-state index contributed by atoms with van der Waals surface area (Å²) in [5, 5.41) is 8.59. The van der Waals surface area contributed by atoms with Crippen LogP contribution in [0.5, 0.6) is 0 Å². The van der Waals surface area contributed by atoms with E-state index in [0.717, 1.165) is 0 Å². The van der Waals surface area contributed by atoms with E-state index in [9.17, 15) is 4.79 Å². The van der Waals surface area contributed by atoms with Crippen molar-refractivity contribution < 1.29 is 9.90 Å². The monoisotopic (exact) mass is 281 g/mol. The summed E-state index contributed by atoms with van der Waals surface area (Å²) in [5.41, 5.74) is 6.89. The quantitative estimate of drug-likeness (QED) is 0.838. The van der Waals surface area contributed by atoms with Crippen molar-refractivity contribution in [2.24, 2.45) is 5.73 Å². The second-order valence-electron chi connectivity index (χ2n) is 3.32. The zero-order valence-electron chi connectivity index (χ0n) is 8.16. The molecule has 0 saturated heterocycles. The predicted molar refractivity (Wildman–Crippen MR) is 64.9 cm³/mol. The first-order valence-electron chi connectivity index (χ1n) is 4.45. The fourth-order valence-electron chi connectivity index (χ4n) is 1.23. The van der Waals surface area contributed by atoms with E-state index in [0.29, 0.717) is 11.1 Å². The lowest BCUT2D eigenvalue weighted by Gasteiger charge is -2.14.